The van der Waals surface area contributed by atoms with E-state index in [1.54, 1.807) is 11.6 Å². The summed E-state index contributed by atoms with van der Waals surface area (Å²) in [4.78, 5) is 32.1. The Balaban J connectivity index is 1.51. The van der Waals surface area contributed by atoms with Gasteiger partial charge in [0, 0.05) is 37.9 Å². The number of rotatable bonds is 4. The van der Waals surface area contributed by atoms with Crippen molar-refractivity contribution < 1.29 is 4.52 Å². The van der Waals surface area contributed by atoms with Crippen molar-refractivity contribution >= 4 is 0 Å². The molecule has 5 rings (SSSR count). The van der Waals surface area contributed by atoms with Gasteiger partial charge in [-0.25, -0.2) is 4.79 Å². The van der Waals surface area contributed by atoms with Crippen LogP contribution in [0.15, 0.2) is 44.4 Å². The maximum atomic E-state index is 12.9. The first-order chi connectivity index (χ1) is 14.5. The highest BCUT2D eigenvalue weighted by atomic mass is 16.5. The summed E-state index contributed by atoms with van der Waals surface area (Å²) in [5, 5.41) is 4.21. The Bertz CT molecular complexity index is 1210. The lowest BCUT2D eigenvalue weighted by Crippen LogP contribution is -2.43. The molecule has 3 aromatic rings. The van der Waals surface area contributed by atoms with Gasteiger partial charge in [0.25, 0.3) is 5.56 Å². The highest BCUT2D eigenvalue weighted by Gasteiger charge is 2.49. The van der Waals surface area contributed by atoms with Crippen molar-refractivity contribution in [3.63, 3.8) is 0 Å². The number of hydrogen-bond donors (Lipinski definition) is 0. The third-order valence-corrected chi connectivity index (χ3v) is 6.86. The van der Waals surface area contributed by atoms with Gasteiger partial charge in [0.2, 0.25) is 11.7 Å². The molecule has 156 valence electrons. The number of hydrogen-bond acceptors (Lipinski definition) is 6. The van der Waals surface area contributed by atoms with Gasteiger partial charge in [-0.1, -0.05) is 35.5 Å². The average molecular weight is 407 g/mol. The molecule has 0 N–H and O–H groups in total. The Morgan fingerprint density at radius 1 is 1.10 bits per heavy atom. The van der Waals surface area contributed by atoms with Crippen LogP contribution < -0.4 is 11.2 Å². The quantitative estimate of drug-likeness (QED) is 0.659. The summed E-state index contributed by atoms with van der Waals surface area (Å²) < 4.78 is 8.44. The fraction of sp³-hybridized carbons (Fsp3) is 0.455. The number of benzene rings is 1. The summed E-state index contributed by atoms with van der Waals surface area (Å²) in [5.41, 5.74) is 1.75. The van der Waals surface area contributed by atoms with Gasteiger partial charge in [-0.2, -0.15) is 4.98 Å². The molecule has 2 unspecified atom stereocenters. The predicted molar refractivity (Wildman–Crippen MR) is 111 cm³/mol. The zero-order chi connectivity index (χ0) is 21.0. The molecule has 8 heteroatoms. The summed E-state index contributed by atoms with van der Waals surface area (Å²) in [5.74, 6) is 1.64. The lowest BCUT2D eigenvalue weighted by Gasteiger charge is -2.33. The number of nitrogens with zero attached hydrogens (tertiary/aromatic N) is 5. The van der Waals surface area contributed by atoms with Crippen molar-refractivity contribution in [3.8, 4) is 11.4 Å². The Labute approximate surface area is 173 Å². The summed E-state index contributed by atoms with van der Waals surface area (Å²) >= 11 is 0. The maximum Gasteiger partial charge on any atom is 0.330 e. The maximum absolute atomic E-state index is 12.9. The molecular formula is C22H25N5O3. The van der Waals surface area contributed by atoms with Gasteiger partial charge in [0.05, 0.1) is 11.6 Å². The summed E-state index contributed by atoms with van der Waals surface area (Å²) in [7, 11) is 3.24. The number of likely N-dealkylation sites (tertiary alicyclic amines) is 1. The number of aromatic nitrogens is 4. The Hall–Kier alpha value is -3.00. The lowest BCUT2D eigenvalue weighted by molar-refractivity contribution is 0.102. The van der Waals surface area contributed by atoms with Crippen LogP contribution in [-0.2, 0) is 20.6 Å². The molecule has 1 aliphatic heterocycles. The van der Waals surface area contributed by atoms with E-state index >= 15 is 0 Å². The van der Waals surface area contributed by atoms with Crippen LogP contribution in [0, 0.1) is 12.8 Å². The molecule has 0 spiro atoms. The van der Waals surface area contributed by atoms with E-state index < -0.39 is 0 Å². The second-order valence-corrected chi connectivity index (χ2v) is 8.44. The molecule has 0 amide bonds. The molecule has 1 saturated heterocycles. The summed E-state index contributed by atoms with van der Waals surface area (Å²) in [6.45, 7) is 2.31. The standard InChI is InChI=1S/C22H25N5O3/c1-13-17(21(28)26(3)22(29)25(13)2)12-27-16-10-9-15(11-16)18(27)20-23-19(24-30-20)14-7-5-4-6-8-14/h4-8,15-16,18H,9-12H2,1-3H3/t15?,16?,18-/m0/s1. The highest BCUT2D eigenvalue weighted by Crippen LogP contribution is 2.50. The monoisotopic (exact) mass is 407 g/mol. The topological polar surface area (TPSA) is 86.2 Å². The Morgan fingerprint density at radius 3 is 2.63 bits per heavy atom. The molecule has 2 aliphatic rings. The SMILES string of the molecule is Cc1c(CN2C3CCC(C3)[C@H]2c2nc(-c3ccccc3)no2)c(=O)n(C)c(=O)n1C. The number of fused-ring (bicyclic) bond motifs is 2. The van der Waals surface area contributed by atoms with Gasteiger partial charge in [-0.05, 0) is 32.1 Å². The molecule has 2 fully saturated rings. The zero-order valence-electron chi connectivity index (χ0n) is 17.4. The van der Waals surface area contributed by atoms with Crippen LogP contribution in [0.5, 0.6) is 0 Å². The van der Waals surface area contributed by atoms with Crippen molar-refractivity contribution in [3.05, 3.63) is 68.3 Å². The largest absolute Gasteiger partial charge is 0.337 e. The summed E-state index contributed by atoms with van der Waals surface area (Å²) in [6, 6.07) is 10.2. The van der Waals surface area contributed by atoms with Gasteiger partial charge < -0.3 is 9.09 Å². The second kappa shape index (κ2) is 7.05. The Morgan fingerprint density at radius 2 is 1.87 bits per heavy atom. The molecule has 30 heavy (non-hydrogen) atoms. The van der Waals surface area contributed by atoms with Crippen LogP contribution in [-0.4, -0.2) is 30.2 Å². The van der Waals surface area contributed by atoms with E-state index in [0.717, 1.165) is 24.8 Å². The van der Waals surface area contributed by atoms with Gasteiger partial charge in [0.15, 0.2) is 0 Å². The molecule has 2 aromatic heterocycles. The van der Waals surface area contributed by atoms with E-state index in [-0.39, 0.29) is 17.3 Å². The minimum absolute atomic E-state index is 0.00458. The molecule has 8 nitrogen and oxygen atoms in total. The molecule has 3 heterocycles. The first-order valence-electron chi connectivity index (χ1n) is 10.4. The van der Waals surface area contributed by atoms with Gasteiger partial charge in [0.1, 0.15) is 0 Å². The normalized spacial score (nSPS) is 23.4. The van der Waals surface area contributed by atoms with Gasteiger partial charge >= 0.3 is 5.69 Å². The second-order valence-electron chi connectivity index (χ2n) is 8.44. The van der Waals surface area contributed by atoms with Crippen LogP contribution in [0.2, 0.25) is 0 Å². The van der Waals surface area contributed by atoms with Crippen LogP contribution in [0.25, 0.3) is 11.4 Å². The van der Waals surface area contributed by atoms with E-state index in [2.05, 4.69) is 10.1 Å². The van der Waals surface area contributed by atoms with E-state index in [0.29, 0.717) is 41.5 Å². The molecule has 1 aliphatic carbocycles. The van der Waals surface area contributed by atoms with E-state index in [1.807, 2.05) is 37.3 Å². The van der Waals surface area contributed by atoms with Crippen molar-refractivity contribution in [2.24, 2.45) is 20.0 Å². The highest BCUT2D eigenvalue weighted by molar-refractivity contribution is 5.53. The number of piperidine rings is 1. The fourth-order valence-electron chi connectivity index (χ4n) is 5.09. The third-order valence-electron chi connectivity index (χ3n) is 6.86. The van der Waals surface area contributed by atoms with Crippen molar-refractivity contribution in [2.45, 2.75) is 44.8 Å². The van der Waals surface area contributed by atoms with E-state index in [9.17, 15) is 9.59 Å². The lowest BCUT2D eigenvalue weighted by atomic mass is 9.98. The Kier molecular flexibility index (Phi) is 4.47. The molecule has 1 saturated carbocycles. The van der Waals surface area contributed by atoms with Crippen molar-refractivity contribution in [2.75, 3.05) is 0 Å². The molecular weight excluding hydrogens is 382 g/mol. The van der Waals surface area contributed by atoms with Crippen molar-refractivity contribution in [1.29, 1.82) is 0 Å². The fourth-order valence-corrected chi connectivity index (χ4v) is 5.09. The smallest absolute Gasteiger partial charge is 0.330 e. The molecule has 1 aromatic carbocycles. The van der Waals surface area contributed by atoms with Crippen LogP contribution in [0.3, 0.4) is 0 Å². The van der Waals surface area contributed by atoms with E-state index in [4.69, 9.17) is 9.51 Å². The first kappa shape index (κ1) is 19.0. The zero-order valence-corrected chi connectivity index (χ0v) is 17.4. The van der Waals surface area contributed by atoms with Crippen LogP contribution >= 0.6 is 0 Å². The van der Waals surface area contributed by atoms with Crippen molar-refractivity contribution in [1.82, 2.24) is 24.2 Å². The van der Waals surface area contributed by atoms with Crippen LogP contribution in [0.4, 0.5) is 0 Å². The predicted octanol–water partition coefficient (Wildman–Crippen LogP) is 2.17. The average Bonchev–Trinajstić information content (AvgIpc) is 3.51. The minimum Gasteiger partial charge on any atom is -0.337 e. The molecule has 2 bridgehead atoms. The molecule has 0 radical (unpaired) electrons. The molecule has 3 atom stereocenters. The first-order valence-corrected chi connectivity index (χ1v) is 10.4. The minimum atomic E-state index is -0.301. The third kappa shape index (κ3) is 2.86. The van der Waals surface area contributed by atoms with Gasteiger partial charge in [-0.3, -0.25) is 14.3 Å². The van der Waals surface area contributed by atoms with Crippen LogP contribution in [0.1, 0.15) is 42.5 Å². The summed E-state index contributed by atoms with van der Waals surface area (Å²) in [6.07, 6.45) is 3.30. The van der Waals surface area contributed by atoms with E-state index in [1.165, 1.54) is 11.6 Å². The van der Waals surface area contributed by atoms with Gasteiger partial charge in [-0.15, -0.1) is 0 Å².